The summed E-state index contributed by atoms with van der Waals surface area (Å²) >= 11 is 0. The van der Waals surface area contributed by atoms with Crippen molar-refractivity contribution in [1.82, 2.24) is 10.6 Å². The average Bonchev–Trinajstić information content (AvgIpc) is 2.48. The van der Waals surface area contributed by atoms with Gasteiger partial charge in [0.25, 0.3) is 0 Å². The van der Waals surface area contributed by atoms with Crippen LogP contribution in [0.15, 0.2) is 36.4 Å². The standard InChI is InChI=1S/C18H24N2/c1-14-2-4-18-11-16(3-5-17(18)10-14)13-20-12-15-6-8-19-9-7-15/h2-5,10-11,15,19-20H,6-9,12-13H2,1H3. The average molecular weight is 268 g/mol. The highest BCUT2D eigenvalue weighted by atomic mass is 14.9. The molecular formula is C18H24N2. The summed E-state index contributed by atoms with van der Waals surface area (Å²) in [6.45, 7) is 6.64. The summed E-state index contributed by atoms with van der Waals surface area (Å²) in [6, 6.07) is 13.5. The molecule has 2 aromatic rings. The van der Waals surface area contributed by atoms with Gasteiger partial charge in [-0.2, -0.15) is 0 Å². The van der Waals surface area contributed by atoms with E-state index in [9.17, 15) is 0 Å². The van der Waals surface area contributed by atoms with Crippen molar-refractivity contribution in [3.63, 3.8) is 0 Å². The van der Waals surface area contributed by atoms with Crippen molar-refractivity contribution >= 4 is 10.8 Å². The van der Waals surface area contributed by atoms with Gasteiger partial charge in [-0.3, -0.25) is 0 Å². The number of hydrogen-bond acceptors (Lipinski definition) is 2. The number of rotatable bonds is 4. The van der Waals surface area contributed by atoms with Crippen molar-refractivity contribution in [3.8, 4) is 0 Å². The van der Waals surface area contributed by atoms with Crippen molar-refractivity contribution in [2.24, 2.45) is 5.92 Å². The molecule has 0 bridgehead atoms. The Labute approximate surface area is 121 Å². The molecule has 2 aromatic carbocycles. The zero-order valence-electron chi connectivity index (χ0n) is 12.3. The molecular weight excluding hydrogens is 244 g/mol. The summed E-state index contributed by atoms with van der Waals surface area (Å²) in [5.41, 5.74) is 2.71. The Kier molecular flexibility index (Phi) is 4.34. The van der Waals surface area contributed by atoms with Gasteiger partial charge in [0.05, 0.1) is 0 Å². The van der Waals surface area contributed by atoms with Gasteiger partial charge in [-0.15, -0.1) is 0 Å². The molecule has 3 rings (SSSR count). The van der Waals surface area contributed by atoms with Crippen LogP contribution in [0.3, 0.4) is 0 Å². The van der Waals surface area contributed by atoms with E-state index in [1.54, 1.807) is 0 Å². The molecule has 2 N–H and O–H groups in total. The van der Waals surface area contributed by atoms with Gasteiger partial charge in [0.1, 0.15) is 0 Å². The third-order valence-electron chi connectivity index (χ3n) is 4.28. The van der Waals surface area contributed by atoms with Gasteiger partial charge in [0.15, 0.2) is 0 Å². The summed E-state index contributed by atoms with van der Waals surface area (Å²) in [5.74, 6) is 0.847. The van der Waals surface area contributed by atoms with Crippen LogP contribution in [0, 0.1) is 12.8 Å². The van der Waals surface area contributed by atoms with Crippen LogP contribution in [-0.4, -0.2) is 19.6 Å². The lowest BCUT2D eigenvalue weighted by atomic mass is 9.98. The van der Waals surface area contributed by atoms with Gasteiger partial charge in [-0.25, -0.2) is 0 Å². The van der Waals surface area contributed by atoms with Crippen molar-refractivity contribution in [1.29, 1.82) is 0 Å². The molecule has 0 unspecified atom stereocenters. The molecule has 106 valence electrons. The Morgan fingerprint density at radius 1 is 1.05 bits per heavy atom. The molecule has 1 aliphatic rings. The number of piperidine rings is 1. The minimum absolute atomic E-state index is 0.847. The Morgan fingerprint density at radius 3 is 2.65 bits per heavy atom. The maximum Gasteiger partial charge on any atom is 0.0205 e. The predicted molar refractivity (Wildman–Crippen MR) is 86.0 cm³/mol. The number of fused-ring (bicyclic) bond motifs is 1. The molecule has 0 radical (unpaired) electrons. The Bertz CT molecular complexity index is 571. The van der Waals surface area contributed by atoms with Crippen LogP contribution in [0.5, 0.6) is 0 Å². The van der Waals surface area contributed by atoms with Crippen molar-refractivity contribution in [2.75, 3.05) is 19.6 Å². The minimum atomic E-state index is 0.847. The maximum atomic E-state index is 3.62. The lowest BCUT2D eigenvalue weighted by Gasteiger charge is -2.22. The van der Waals surface area contributed by atoms with E-state index in [1.165, 1.54) is 47.8 Å². The Hall–Kier alpha value is -1.38. The third-order valence-corrected chi connectivity index (χ3v) is 4.28. The van der Waals surface area contributed by atoms with Gasteiger partial charge in [-0.05, 0) is 67.7 Å². The Balaban J connectivity index is 1.58. The second-order valence-corrected chi connectivity index (χ2v) is 6.01. The molecule has 0 spiro atoms. The SMILES string of the molecule is Cc1ccc2cc(CNCC3CCNCC3)ccc2c1. The van der Waals surface area contributed by atoms with Gasteiger partial charge in [0, 0.05) is 6.54 Å². The molecule has 1 fully saturated rings. The molecule has 2 nitrogen and oxygen atoms in total. The van der Waals surface area contributed by atoms with E-state index >= 15 is 0 Å². The molecule has 0 aromatic heterocycles. The monoisotopic (exact) mass is 268 g/mol. The fraction of sp³-hybridized carbons (Fsp3) is 0.444. The molecule has 1 heterocycles. The highest BCUT2D eigenvalue weighted by molar-refractivity contribution is 5.83. The van der Waals surface area contributed by atoms with Crippen molar-refractivity contribution < 1.29 is 0 Å². The molecule has 0 aliphatic carbocycles. The molecule has 2 heteroatoms. The van der Waals surface area contributed by atoms with Crippen LogP contribution in [0.25, 0.3) is 10.8 Å². The Morgan fingerprint density at radius 2 is 1.80 bits per heavy atom. The summed E-state index contributed by atoms with van der Waals surface area (Å²) in [4.78, 5) is 0. The first-order valence-electron chi connectivity index (χ1n) is 7.72. The second kappa shape index (κ2) is 6.38. The van der Waals surface area contributed by atoms with E-state index in [0.717, 1.165) is 19.0 Å². The fourth-order valence-corrected chi connectivity index (χ4v) is 3.03. The predicted octanol–water partition coefficient (Wildman–Crippen LogP) is 3.24. The third kappa shape index (κ3) is 3.38. The van der Waals surface area contributed by atoms with E-state index in [4.69, 9.17) is 0 Å². The van der Waals surface area contributed by atoms with E-state index in [0.29, 0.717) is 0 Å². The summed E-state index contributed by atoms with van der Waals surface area (Å²) < 4.78 is 0. The topological polar surface area (TPSA) is 24.1 Å². The molecule has 20 heavy (non-hydrogen) atoms. The number of aryl methyl sites for hydroxylation is 1. The second-order valence-electron chi connectivity index (χ2n) is 6.01. The summed E-state index contributed by atoms with van der Waals surface area (Å²) in [6.07, 6.45) is 2.62. The maximum absolute atomic E-state index is 3.62. The number of benzene rings is 2. The van der Waals surface area contributed by atoms with E-state index in [2.05, 4.69) is 54.0 Å². The highest BCUT2D eigenvalue weighted by Gasteiger charge is 2.11. The molecule has 0 amide bonds. The largest absolute Gasteiger partial charge is 0.317 e. The minimum Gasteiger partial charge on any atom is -0.317 e. The van der Waals surface area contributed by atoms with Gasteiger partial charge in [-0.1, -0.05) is 35.9 Å². The van der Waals surface area contributed by atoms with Crippen molar-refractivity contribution in [2.45, 2.75) is 26.3 Å². The van der Waals surface area contributed by atoms with E-state index in [-0.39, 0.29) is 0 Å². The van der Waals surface area contributed by atoms with Gasteiger partial charge in [0.2, 0.25) is 0 Å². The van der Waals surface area contributed by atoms with Gasteiger partial charge >= 0.3 is 0 Å². The van der Waals surface area contributed by atoms with Gasteiger partial charge < -0.3 is 10.6 Å². The zero-order chi connectivity index (χ0) is 13.8. The molecule has 0 saturated carbocycles. The van der Waals surface area contributed by atoms with E-state index in [1.807, 2.05) is 0 Å². The normalized spacial score (nSPS) is 16.6. The number of nitrogens with one attached hydrogen (secondary N) is 2. The smallest absolute Gasteiger partial charge is 0.0205 e. The lowest BCUT2D eigenvalue weighted by Crippen LogP contribution is -2.33. The van der Waals surface area contributed by atoms with Crippen LogP contribution in [0.4, 0.5) is 0 Å². The molecule has 1 saturated heterocycles. The first-order valence-corrected chi connectivity index (χ1v) is 7.72. The first-order chi connectivity index (χ1) is 9.81. The van der Waals surface area contributed by atoms with Crippen LogP contribution < -0.4 is 10.6 Å². The van der Waals surface area contributed by atoms with Crippen molar-refractivity contribution in [3.05, 3.63) is 47.5 Å². The lowest BCUT2D eigenvalue weighted by molar-refractivity contribution is 0.356. The molecule has 0 atom stereocenters. The van der Waals surface area contributed by atoms with Crippen LogP contribution in [0.1, 0.15) is 24.0 Å². The highest BCUT2D eigenvalue weighted by Crippen LogP contribution is 2.18. The zero-order valence-corrected chi connectivity index (χ0v) is 12.3. The van der Waals surface area contributed by atoms with Crippen LogP contribution >= 0.6 is 0 Å². The summed E-state index contributed by atoms with van der Waals surface area (Å²) in [7, 11) is 0. The first kappa shape index (κ1) is 13.6. The fourth-order valence-electron chi connectivity index (χ4n) is 3.03. The summed E-state index contributed by atoms with van der Waals surface area (Å²) in [5, 5.41) is 9.72. The number of hydrogen-bond donors (Lipinski definition) is 2. The van der Waals surface area contributed by atoms with E-state index < -0.39 is 0 Å². The quantitative estimate of drug-likeness (QED) is 0.889. The molecule has 1 aliphatic heterocycles. The van der Waals surface area contributed by atoms with Crippen LogP contribution in [-0.2, 0) is 6.54 Å². The van der Waals surface area contributed by atoms with Crippen LogP contribution in [0.2, 0.25) is 0 Å².